The molecule has 0 unspecified atom stereocenters. The first kappa shape index (κ1) is 25.5. The molecule has 10 heteroatoms. The summed E-state index contributed by atoms with van der Waals surface area (Å²) >= 11 is 25.9. The van der Waals surface area contributed by atoms with Gasteiger partial charge in [0, 0.05) is 20.1 Å². The largest absolute Gasteiger partial charge is 0.493 e. The van der Waals surface area contributed by atoms with Crippen molar-refractivity contribution >= 4 is 101 Å². The van der Waals surface area contributed by atoms with Gasteiger partial charge in [-0.3, -0.25) is 9.69 Å². The maximum Gasteiger partial charge on any atom is 0.270 e. The first-order valence-electron chi connectivity index (χ1n) is 9.74. The van der Waals surface area contributed by atoms with Crippen molar-refractivity contribution in [3.8, 4) is 11.5 Å². The van der Waals surface area contributed by atoms with E-state index in [9.17, 15) is 4.79 Å². The predicted octanol–water partition coefficient (Wildman–Crippen LogP) is 8.51. The molecule has 4 nitrogen and oxygen atoms in total. The summed E-state index contributed by atoms with van der Waals surface area (Å²) < 4.78 is 13.6. The van der Waals surface area contributed by atoms with E-state index in [1.54, 1.807) is 31.4 Å². The van der Waals surface area contributed by atoms with E-state index in [0.717, 1.165) is 21.3 Å². The Hall–Kier alpha value is -1.55. The molecule has 34 heavy (non-hydrogen) atoms. The quantitative estimate of drug-likeness (QED) is 0.196. The summed E-state index contributed by atoms with van der Waals surface area (Å²) in [6, 6.07) is 16.3. The molecule has 0 saturated carbocycles. The van der Waals surface area contributed by atoms with Crippen molar-refractivity contribution in [2.24, 2.45) is 0 Å². The molecule has 1 saturated heterocycles. The van der Waals surface area contributed by atoms with Crippen LogP contribution >= 0.6 is 79.0 Å². The summed E-state index contributed by atoms with van der Waals surface area (Å²) in [6.45, 7) is 0.232. The lowest BCUT2D eigenvalue weighted by Gasteiger charge is -2.15. The highest BCUT2D eigenvalue weighted by atomic mass is 79.9. The smallest absolute Gasteiger partial charge is 0.270 e. The van der Waals surface area contributed by atoms with Gasteiger partial charge < -0.3 is 9.47 Å². The average Bonchev–Trinajstić information content (AvgIpc) is 3.07. The van der Waals surface area contributed by atoms with Crippen molar-refractivity contribution in [3.63, 3.8) is 0 Å². The fourth-order valence-corrected chi connectivity index (χ4v) is 5.78. The van der Waals surface area contributed by atoms with Crippen LogP contribution in [0.4, 0.5) is 5.69 Å². The van der Waals surface area contributed by atoms with Gasteiger partial charge in [-0.05, 0) is 76.1 Å². The first-order chi connectivity index (χ1) is 16.3. The highest BCUT2D eigenvalue weighted by Crippen LogP contribution is 2.41. The molecule has 3 aromatic carbocycles. The minimum absolute atomic E-state index is 0.176. The van der Waals surface area contributed by atoms with Crippen LogP contribution in [0.5, 0.6) is 11.5 Å². The zero-order chi connectivity index (χ0) is 24.4. The molecule has 1 amide bonds. The van der Waals surface area contributed by atoms with E-state index in [4.69, 9.17) is 44.9 Å². The van der Waals surface area contributed by atoms with Crippen LogP contribution in [-0.2, 0) is 11.4 Å². The molecule has 1 aliphatic heterocycles. The van der Waals surface area contributed by atoms with Crippen LogP contribution in [0.15, 0.2) is 68.4 Å². The molecule has 0 bridgehead atoms. The second-order valence-corrected chi connectivity index (χ2v) is 11.3. The molecular weight excluding hydrogens is 645 g/mol. The number of rotatable bonds is 6. The minimum atomic E-state index is -0.176. The zero-order valence-corrected chi connectivity index (χ0v) is 23.8. The fraction of sp³-hybridized carbons (Fsp3) is 0.0833. The van der Waals surface area contributed by atoms with Crippen LogP contribution in [0.3, 0.4) is 0 Å². The van der Waals surface area contributed by atoms with Gasteiger partial charge in [0.15, 0.2) is 15.8 Å². The molecule has 0 aromatic heterocycles. The van der Waals surface area contributed by atoms with Gasteiger partial charge in [-0.25, -0.2) is 0 Å². The number of thiocarbonyl (C=S) groups is 1. The number of hydrogen-bond donors (Lipinski definition) is 0. The number of benzene rings is 3. The third kappa shape index (κ3) is 5.64. The van der Waals surface area contributed by atoms with Crippen molar-refractivity contribution in [3.05, 3.63) is 89.6 Å². The van der Waals surface area contributed by atoms with E-state index in [2.05, 4.69) is 31.9 Å². The summed E-state index contributed by atoms with van der Waals surface area (Å²) in [7, 11) is 1.56. The Kier molecular flexibility index (Phi) is 8.28. The lowest BCUT2D eigenvalue weighted by molar-refractivity contribution is -0.113. The maximum atomic E-state index is 13.1. The SMILES string of the molecule is COc1cc(/C=C2/SC(=S)N(c3ccc(Br)cc3)C2=O)cc(Br)c1OCc1ccc(Cl)cc1Cl. The van der Waals surface area contributed by atoms with Gasteiger partial charge in [0.25, 0.3) is 5.91 Å². The molecule has 0 aliphatic carbocycles. The Morgan fingerprint density at radius 1 is 1.09 bits per heavy atom. The van der Waals surface area contributed by atoms with E-state index in [1.165, 1.54) is 16.7 Å². The van der Waals surface area contributed by atoms with Crippen LogP contribution in [0.2, 0.25) is 10.0 Å². The highest BCUT2D eigenvalue weighted by molar-refractivity contribution is 9.10. The standard InChI is InChI=1S/C24H15Br2Cl2NO3S2/c1-31-20-9-13(8-18(26)22(20)32-12-14-2-5-16(27)11-19(14)28)10-21-23(30)29(24(33)34-21)17-6-3-15(25)4-7-17/h2-11H,12H2,1H3/b21-10+. The highest BCUT2D eigenvalue weighted by Gasteiger charge is 2.33. The molecular formula is C24H15Br2Cl2NO3S2. The predicted molar refractivity (Wildman–Crippen MR) is 151 cm³/mol. The van der Waals surface area contributed by atoms with E-state index < -0.39 is 0 Å². The molecule has 1 heterocycles. The third-order valence-corrected chi connectivity index (χ3v) is 7.82. The Bertz CT molecular complexity index is 1320. The van der Waals surface area contributed by atoms with Crippen molar-refractivity contribution in [2.45, 2.75) is 6.61 Å². The van der Waals surface area contributed by atoms with Crippen molar-refractivity contribution in [2.75, 3.05) is 12.0 Å². The average molecular weight is 660 g/mol. The Morgan fingerprint density at radius 2 is 1.82 bits per heavy atom. The van der Waals surface area contributed by atoms with Crippen LogP contribution in [0.1, 0.15) is 11.1 Å². The molecule has 0 atom stereocenters. The number of hydrogen-bond acceptors (Lipinski definition) is 5. The van der Waals surface area contributed by atoms with Gasteiger partial charge in [-0.2, -0.15) is 0 Å². The number of methoxy groups -OCH3 is 1. The molecule has 1 fully saturated rings. The summed E-state index contributed by atoms with van der Waals surface area (Å²) in [5.74, 6) is 0.854. The number of ether oxygens (including phenoxy) is 2. The monoisotopic (exact) mass is 657 g/mol. The number of carbonyl (C=O) groups excluding carboxylic acids is 1. The summed E-state index contributed by atoms with van der Waals surface area (Å²) in [5.41, 5.74) is 2.27. The number of carbonyl (C=O) groups is 1. The third-order valence-electron chi connectivity index (χ3n) is 4.82. The van der Waals surface area contributed by atoms with Crippen molar-refractivity contribution in [1.82, 2.24) is 0 Å². The lowest BCUT2D eigenvalue weighted by atomic mass is 10.1. The van der Waals surface area contributed by atoms with E-state index >= 15 is 0 Å². The van der Waals surface area contributed by atoms with Gasteiger partial charge in [-0.15, -0.1) is 0 Å². The maximum absolute atomic E-state index is 13.1. The molecule has 0 N–H and O–H groups in total. The topological polar surface area (TPSA) is 38.8 Å². The van der Waals surface area contributed by atoms with Crippen molar-refractivity contribution < 1.29 is 14.3 Å². The van der Waals surface area contributed by atoms with Crippen LogP contribution in [0, 0.1) is 0 Å². The summed E-state index contributed by atoms with van der Waals surface area (Å²) in [5, 5.41) is 1.08. The van der Waals surface area contributed by atoms with Crippen LogP contribution in [0.25, 0.3) is 6.08 Å². The van der Waals surface area contributed by atoms with Crippen molar-refractivity contribution in [1.29, 1.82) is 0 Å². The minimum Gasteiger partial charge on any atom is -0.493 e. The number of nitrogens with zero attached hydrogens (tertiary/aromatic N) is 1. The van der Waals surface area contributed by atoms with E-state index in [0.29, 0.717) is 35.2 Å². The second kappa shape index (κ2) is 11.0. The normalized spacial score (nSPS) is 14.7. The first-order valence-corrected chi connectivity index (χ1v) is 13.3. The molecule has 0 radical (unpaired) electrons. The Morgan fingerprint density at radius 3 is 2.50 bits per heavy atom. The summed E-state index contributed by atoms with van der Waals surface area (Å²) in [4.78, 5) is 15.1. The zero-order valence-electron chi connectivity index (χ0n) is 17.5. The number of halogens is 4. The number of amides is 1. The molecule has 3 aromatic rings. The van der Waals surface area contributed by atoms with Gasteiger partial charge in [0.05, 0.1) is 22.2 Å². The fourth-order valence-electron chi connectivity index (χ4n) is 3.18. The van der Waals surface area contributed by atoms with E-state index in [-0.39, 0.29) is 12.5 Å². The van der Waals surface area contributed by atoms with Crippen LogP contribution < -0.4 is 14.4 Å². The van der Waals surface area contributed by atoms with Crippen LogP contribution in [-0.4, -0.2) is 17.3 Å². The second-order valence-electron chi connectivity index (χ2n) is 7.05. The molecule has 1 aliphatic rings. The molecule has 4 rings (SSSR count). The Balaban J connectivity index is 1.58. The molecule has 0 spiro atoms. The number of anilines is 1. The molecule has 174 valence electrons. The number of thioether (sulfide) groups is 1. The van der Waals surface area contributed by atoms with Gasteiger partial charge in [-0.1, -0.05) is 69.2 Å². The van der Waals surface area contributed by atoms with E-state index in [1.807, 2.05) is 36.4 Å². The van der Waals surface area contributed by atoms with Gasteiger partial charge in [0.2, 0.25) is 0 Å². The lowest BCUT2D eigenvalue weighted by Crippen LogP contribution is -2.27. The summed E-state index contributed by atoms with van der Waals surface area (Å²) in [6.07, 6.45) is 1.78. The van der Waals surface area contributed by atoms with Gasteiger partial charge in [0.1, 0.15) is 6.61 Å². The Labute approximate surface area is 233 Å². The van der Waals surface area contributed by atoms with Gasteiger partial charge >= 0.3 is 0 Å².